The number of carbonyl (C=O) groups is 1. The van der Waals surface area contributed by atoms with Gasteiger partial charge in [0.25, 0.3) is 0 Å². The lowest BCUT2D eigenvalue weighted by Gasteiger charge is -2.03. The Morgan fingerprint density at radius 1 is 1.62 bits per heavy atom. The molecule has 0 aliphatic carbocycles. The first-order valence-corrected chi connectivity index (χ1v) is 4.05. The van der Waals surface area contributed by atoms with Crippen molar-refractivity contribution in [3.63, 3.8) is 0 Å². The maximum atomic E-state index is 10.7. The minimum absolute atomic E-state index is 0.0573. The van der Waals surface area contributed by atoms with Crippen LogP contribution >= 0.6 is 24.2 Å². The molecule has 0 spiro atoms. The molecule has 0 atom stereocenters. The minimum atomic E-state index is -1.20. The van der Waals surface area contributed by atoms with Gasteiger partial charge in [-0.3, -0.25) is 0 Å². The molecule has 5 heteroatoms. The molecule has 0 fully saturated rings. The highest BCUT2D eigenvalue weighted by atomic mass is 35.5. The average molecular weight is 214 g/mol. The fourth-order valence-electron chi connectivity index (χ4n) is 0.875. The fraction of sp³-hybridized carbons (Fsp3) is 0. The predicted molar refractivity (Wildman–Crippen MR) is 50.4 cm³/mol. The molecule has 0 aliphatic rings. The van der Waals surface area contributed by atoms with Gasteiger partial charge in [0.15, 0.2) is 0 Å². The van der Waals surface area contributed by atoms with Crippen LogP contribution in [0.1, 0.15) is 15.9 Å². The monoisotopic (exact) mass is 213 g/mol. The summed E-state index contributed by atoms with van der Waals surface area (Å²) in [5.41, 5.74) is -0.0970. The molecule has 0 aromatic heterocycles. The van der Waals surface area contributed by atoms with Crippen molar-refractivity contribution >= 4 is 30.2 Å². The van der Waals surface area contributed by atoms with E-state index in [9.17, 15) is 4.79 Å². The zero-order valence-corrected chi connectivity index (χ0v) is 7.93. The molecule has 0 heterocycles. The summed E-state index contributed by atoms with van der Waals surface area (Å²) < 4.78 is 0. The quantitative estimate of drug-likeness (QED) is 0.703. The zero-order chi connectivity index (χ0) is 10.0. The standard InChI is InChI=1S/C8H4ClNO2S/c9-5-2-1-4(3-10)6(7(5)13)8(11)12/h1-2,13H,(H,11,12). The first-order valence-electron chi connectivity index (χ1n) is 3.22. The first-order chi connectivity index (χ1) is 6.07. The van der Waals surface area contributed by atoms with Crippen LogP contribution in [0.3, 0.4) is 0 Å². The highest BCUT2D eigenvalue weighted by Crippen LogP contribution is 2.26. The van der Waals surface area contributed by atoms with Gasteiger partial charge in [0.2, 0.25) is 0 Å². The van der Waals surface area contributed by atoms with Crippen LogP contribution in [0.5, 0.6) is 0 Å². The van der Waals surface area contributed by atoms with Crippen molar-refractivity contribution in [1.29, 1.82) is 5.26 Å². The summed E-state index contributed by atoms with van der Waals surface area (Å²) in [4.78, 5) is 10.8. The third-order valence-electron chi connectivity index (χ3n) is 1.46. The molecule has 1 aromatic rings. The summed E-state index contributed by atoms with van der Waals surface area (Å²) >= 11 is 9.55. The summed E-state index contributed by atoms with van der Waals surface area (Å²) in [7, 11) is 0. The third-order valence-corrected chi connectivity index (χ3v) is 2.37. The molecule has 3 nitrogen and oxygen atoms in total. The molecule has 1 aromatic carbocycles. The average Bonchev–Trinajstić information content (AvgIpc) is 2.08. The first kappa shape index (κ1) is 9.90. The van der Waals surface area contributed by atoms with E-state index in [1.54, 1.807) is 6.07 Å². The van der Waals surface area contributed by atoms with E-state index in [0.29, 0.717) is 0 Å². The molecule has 1 N–H and O–H groups in total. The molecule has 1 rings (SSSR count). The number of thiol groups is 1. The van der Waals surface area contributed by atoms with Crippen LogP contribution in [0.4, 0.5) is 0 Å². The van der Waals surface area contributed by atoms with Crippen LogP contribution in [-0.2, 0) is 0 Å². The molecular formula is C8H4ClNO2S. The molecule has 66 valence electrons. The van der Waals surface area contributed by atoms with Gasteiger partial charge in [-0.2, -0.15) is 5.26 Å². The number of hydrogen-bond acceptors (Lipinski definition) is 3. The summed E-state index contributed by atoms with van der Waals surface area (Å²) in [5.74, 6) is -1.20. The van der Waals surface area contributed by atoms with Gasteiger partial charge >= 0.3 is 5.97 Å². The van der Waals surface area contributed by atoms with Crippen molar-refractivity contribution in [3.05, 3.63) is 28.3 Å². The van der Waals surface area contributed by atoms with Crippen LogP contribution in [0.25, 0.3) is 0 Å². The Morgan fingerprint density at radius 3 is 2.69 bits per heavy atom. The molecule has 0 bridgehead atoms. The molecule has 0 amide bonds. The van der Waals surface area contributed by atoms with Gasteiger partial charge in [-0.05, 0) is 12.1 Å². The summed E-state index contributed by atoms with van der Waals surface area (Å²) in [5, 5.41) is 17.6. The van der Waals surface area contributed by atoms with Crippen molar-refractivity contribution in [3.8, 4) is 6.07 Å². The topological polar surface area (TPSA) is 61.1 Å². The number of hydrogen-bond donors (Lipinski definition) is 2. The Bertz CT molecular complexity index is 411. The predicted octanol–water partition coefficient (Wildman–Crippen LogP) is 2.20. The Balaban J connectivity index is 3.53. The SMILES string of the molecule is N#Cc1ccc(Cl)c(S)c1C(=O)O. The molecule has 13 heavy (non-hydrogen) atoms. The van der Waals surface area contributed by atoms with Gasteiger partial charge < -0.3 is 5.11 Å². The van der Waals surface area contributed by atoms with E-state index in [0.717, 1.165) is 0 Å². The largest absolute Gasteiger partial charge is 0.478 e. The molecule has 0 unspecified atom stereocenters. The smallest absolute Gasteiger partial charge is 0.338 e. The van der Waals surface area contributed by atoms with E-state index in [4.69, 9.17) is 22.0 Å². The lowest BCUT2D eigenvalue weighted by Crippen LogP contribution is -2.02. The summed E-state index contributed by atoms with van der Waals surface area (Å²) in [6.45, 7) is 0. The number of carboxylic acid groups (broad SMARTS) is 1. The zero-order valence-electron chi connectivity index (χ0n) is 6.28. The lowest BCUT2D eigenvalue weighted by molar-refractivity contribution is 0.0693. The van der Waals surface area contributed by atoms with E-state index < -0.39 is 5.97 Å². The number of halogens is 1. The number of rotatable bonds is 1. The van der Waals surface area contributed by atoms with Crippen molar-refractivity contribution in [1.82, 2.24) is 0 Å². The van der Waals surface area contributed by atoms with E-state index in [1.807, 2.05) is 0 Å². The van der Waals surface area contributed by atoms with Gasteiger partial charge in [0.05, 0.1) is 16.1 Å². The second-order valence-corrected chi connectivity index (χ2v) is 3.09. The van der Waals surface area contributed by atoms with E-state index in [1.165, 1.54) is 12.1 Å². The molecule has 0 saturated carbocycles. The normalized spacial score (nSPS) is 9.31. The lowest BCUT2D eigenvalue weighted by atomic mass is 10.1. The summed E-state index contributed by atoms with van der Waals surface area (Å²) in [6, 6.07) is 4.55. The van der Waals surface area contributed by atoms with Crippen LogP contribution in [0, 0.1) is 11.3 Å². The highest BCUT2D eigenvalue weighted by Gasteiger charge is 2.15. The highest BCUT2D eigenvalue weighted by molar-refractivity contribution is 7.80. The van der Waals surface area contributed by atoms with E-state index in [2.05, 4.69) is 12.6 Å². The molecule has 0 radical (unpaired) electrons. The number of carboxylic acids is 1. The number of benzene rings is 1. The van der Waals surface area contributed by atoms with Gasteiger partial charge in [0, 0.05) is 4.90 Å². The number of nitrogens with zero attached hydrogens (tertiary/aromatic N) is 1. The second-order valence-electron chi connectivity index (χ2n) is 2.24. The molecule has 0 aliphatic heterocycles. The van der Waals surface area contributed by atoms with Gasteiger partial charge in [-0.25, -0.2) is 4.79 Å². The fourth-order valence-corrected chi connectivity index (χ4v) is 1.32. The maximum Gasteiger partial charge on any atom is 0.338 e. The van der Waals surface area contributed by atoms with Crippen LogP contribution in [0.15, 0.2) is 17.0 Å². The summed E-state index contributed by atoms with van der Waals surface area (Å²) in [6.07, 6.45) is 0. The van der Waals surface area contributed by atoms with Crippen LogP contribution in [0.2, 0.25) is 5.02 Å². The third kappa shape index (κ3) is 1.77. The van der Waals surface area contributed by atoms with Crippen molar-refractivity contribution in [2.24, 2.45) is 0 Å². The van der Waals surface area contributed by atoms with Crippen LogP contribution < -0.4 is 0 Å². The van der Waals surface area contributed by atoms with Crippen LogP contribution in [-0.4, -0.2) is 11.1 Å². The minimum Gasteiger partial charge on any atom is -0.478 e. The van der Waals surface area contributed by atoms with Crippen molar-refractivity contribution in [2.75, 3.05) is 0 Å². The molecule has 0 saturated heterocycles. The van der Waals surface area contributed by atoms with Crippen molar-refractivity contribution in [2.45, 2.75) is 4.90 Å². The Hall–Kier alpha value is -1.18. The Labute approximate surface area is 85.0 Å². The maximum absolute atomic E-state index is 10.7. The molecular weight excluding hydrogens is 210 g/mol. The Morgan fingerprint density at radius 2 is 2.23 bits per heavy atom. The van der Waals surface area contributed by atoms with E-state index >= 15 is 0 Å². The van der Waals surface area contributed by atoms with E-state index in [-0.39, 0.29) is 21.0 Å². The van der Waals surface area contributed by atoms with Gasteiger partial charge in [-0.1, -0.05) is 11.6 Å². The number of aromatic carboxylic acids is 1. The van der Waals surface area contributed by atoms with Gasteiger partial charge in [0.1, 0.15) is 6.07 Å². The Kier molecular flexibility index (Phi) is 2.81. The van der Waals surface area contributed by atoms with Crippen molar-refractivity contribution < 1.29 is 9.90 Å². The number of nitriles is 1. The van der Waals surface area contributed by atoms with Gasteiger partial charge in [-0.15, -0.1) is 12.6 Å². The second kappa shape index (κ2) is 3.69.